The van der Waals surface area contributed by atoms with Gasteiger partial charge in [0.1, 0.15) is 5.82 Å². The number of rotatable bonds is 1. The van der Waals surface area contributed by atoms with Gasteiger partial charge in [-0.3, -0.25) is 0 Å². The number of aromatic nitrogens is 3. The summed E-state index contributed by atoms with van der Waals surface area (Å²) in [6, 6.07) is 12.7. The molecule has 0 bridgehead atoms. The van der Waals surface area contributed by atoms with Gasteiger partial charge < -0.3 is 16.5 Å². The first-order valence-corrected chi connectivity index (χ1v) is 8.28. The normalized spacial score (nSPS) is 12.1. The van der Waals surface area contributed by atoms with E-state index < -0.39 is 0 Å². The summed E-state index contributed by atoms with van der Waals surface area (Å²) in [5.74, 6) is 0.593. The van der Waals surface area contributed by atoms with Gasteiger partial charge in [0.05, 0.1) is 16.4 Å². The third kappa shape index (κ3) is 2.48. The molecule has 5 nitrogen and oxygen atoms in total. The number of H-pyrrole nitrogens is 1. The molecular weight excluding hydrogens is 310 g/mol. The molecule has 126 valence electrons. The lowest BCUT2D eigenvalue weighted by Gasteiger charge is -2.19. The molecule has 2 heterocycles. The number of anilines is 2. The highest BCUT2D eigenvalue weighted by Gasteiger charge is 2.16. The van der Waals surface area contributed by atoms with Crippen LogP contribution in [0.4, 0.5) is 11.8 Å². The molecule has 0 amide bonds. The van der Waals surface area contributed by atoms with E-state index in [0.29, 0.717) is 5.82 Å². The molecule has 0 atom stereocenters. The Hall–Kier alpha value is -3.08. The molecule has 0 saturated heterocycles. The SMILES string of the molecule is CC(C)(C)c1ccc(-c2cc3nc(N)nc(N)c3c3cc[nH]c23)cc1. The number of nitrogens with two attached hydrogens (primary N) is 2. The van der Waals surface area contributed by atoms with Gasteiger partial charge in [0, 0.05) is 17.1 Å². The van der Waals surface area contributed by atoms with Gasteiger partial charge in [-0.15, -0.1) is 0 Å². The average molecular weight is 331 g/mol. The first-order chi connectivity index (χ1) is 11.8. The van der Waals surface area contributed by atoms with Crippen molar-refractivity contribution in [3.05, 3.63) is 48.2 Å². The molecule has 4 aromatic rings. The van der Waals surface area contributed by atoms with E-state index in [1.165, 1.54) is 5.56 Å². The van der Waals surface area contributed by atoms with Crippen molar-refractivity contribution >= 4 is 33.6 Å². The monoisotopic (exact) mass is 331 g/mol. The van der Waals surface area contributed by atoms with Crippen LogP contribution in [0.2, 0.25) is 0 Å². The van der Waals surface area contributed by atoms with E-state index in [9.17, 15) is 0 Å². The van der Waals surface area contributed by atoms with Crippen LogP contribution < -0.4 is 11.5 Å². The van der Waals surface area contributed by atoms with Crippen molar-refractivity contribution < 1.29 is 0 Å². The fraction of sp³-hybridized carbons (Fsp3) is 0.200. The molecule has 0 radical (unpaired) electrons. The summed E-state index contributed by atoms with van der Waals surface area (Å²) in [5.41, 5.74) is 17.3. The summed E-state index contributed by atoms with van der Waals surface area (Å²) in [6.45, 7) is 6.64. The lowest BCUT2D eigenvalue weighted by Crippen LogP contribution is -2.10. The Balaban J connectivity index is 1.99. The van der Waals surface area contributed by atoms with Gasteiger partial charge in [0.25, 0.3) is 0 Å². The zero-order chi connectivity index (χ0) is 17.8. The number of benzene rings is 2. The quantitative estimate of drug-likeness (QED) is 0.486. The fourth-order valence-corrected chi connectivity index (χ4v) is 3.28. The molecule has 0 aliphatic heterocycles. The van der Waals surface area contributed by atoms with E-state index in [1.54, 1.807) is 0 Å². The summed E-state index contributed by atoms with van der Waals surface area (Å²) in [6.07, 6.45) is 1.91. The van der Waals surface area contributed by atoms with Crippen LogP contribution in [0.15, 0.2) is 42.6 Å². The number of nitrogen functional groups attached to an aromatic ring is 2. The predicted molar refractivity (Wildman–Crippen MR) is 104 cm³/mol. The third-order valence-corrected chi connectivity index (χ3v) is 4.61. The largest absolute Gasteiger partial charge is 0.383 e. The molecule has 0 unspecified atom stereocenters. The van der Waals surface area contributed by atoms with Crippen LogP contribution in [0.1, 0.15) is 26.3 Å². The zero-order valence-electron chi connectivity index (χ0n) is 14.6. The number of hydrogen-bond acceptors (Lipinski definition) is 4. The highest BCUT2D eigenvalue weighted by Crippen LogP contribution is 2.36. The van der Waals surface area contributed by atoms with Gasteiger partial charge in [0.2, 0.25) is 5.95 Å². The minimum atomic E-state index is 0.125. The maximum atomic E-state index is 6.09. The number of hydrogen-bond donors (Lipinski definition) is 3. The molecule has 0 fully saturated rings. The third-order valence-electron chi connectivity index (χ3n) is 4.61. The van der Waals surface area contributed by atoms with Crippen LogP contribution in [0.5, 0.6) is 0 Å². The molecule has 0 saturated carbocycles. The summed E-state index contributed by atoms with van der Waals surface area (Å²) >= 11 is 0. The van der Waals surface area contributed by atoms with Crippen molar-refractivity contribution in [2.45, 2.75) is 26.2 Å². The van der Waals surface area contributed by atoms with E-state index in [0.717, 1.165) is 32.9 Å². The van der Waals surface area contributed by atoms with Crippen molar-refractivity contribution in [1.29, 1.82) is 0 Å². The Bertz CT molecular complexity index is 1090. The summed E-state index contributed by atoms with van der Waals surface area (Å²) in [7, 11) is 0. The van der Waals surface area contributed by atoms with Crippen LogP contribution >= 0.6 is 0 Å². The molecule has 0 aliphatic rings. The summed E-state index contributed by atoms with van der Waals surface area (Å²) < 4.78 is 0. The van der Waals surface area contributed by atoms with E-state index in [1.807, 2.05) is 18.3 Å². The second-order valence-electron chi connectivity index (χ2n) is 7.38. The Morgan fingerprint density at radius 2 is 1.68 bits per heavy atom. The maximum absolute atomic E-state index is 6.09. The minimum Gasteiger partial charge on any atom is -0.383 e. The van der Waals surface area contributed by atoms with Gasteiger partial charge in [-0.25, -0.2) is 4.98 Å². The second-order valence-corrected chi connectivity index (χ2v) is 7.38. The lowest BCUT2D eigenvalue weighted by molar-refractivity contribution is 0.590. The van der Waals surface area contributed by atoms with Gasteiger partial charge >= 0.3 is 0 Å². The molecule has 2 aromatic heterocycles. The van der Waals surface area contributed by atoms with Crippen molar-refractivity contribution in [2.75, 3.05) is 11.5 Å². The topological polar surface area (TPSA) is 93.6 Å². The van der Waals surface area contributed by atoms with Crippen LogP contribution in [-0.2, 0) is 5.41 Å². The van der Waals surface area contributed by atoms with Crippen molar-refractivity contribution in [2.24, 2.45) is 0 Å². The van der Waals surface area contributed by atoms with Crippen molar-refractivity contribution in [1.82, 2.24) is 15.0 Å². The van der Waals surface area contributed by atoms with E-state index in [4.69, 9.17) is 11.5 Å². The molecular formula is C20H21N5. The fourth-order valence-electron chi connectivity index (χ4n) is 3.28. The van der Waals surface area contributed by atoms with Crippen LogP contribution in [0.3, 0.4) is 0 Å². The van der Waals surface area contributed by atoms with Crippen LogP contribution in [-0.4, -0.2) is 15.0 Å². The van der Waals surface area contributed by atoms with Gasteiger partial charge in [-0.1, -0.05) is 45.0 Å². The minimum absolute atomic E-state index is 0.125. The second kappa shape index (κ2) is 5.21. The first kappa shape index (κ1) is 15.4. The summed E-state index contributed by atoms with van der Waals surface area (Å²) in [5, 5.41) is 1.84. The van der Waals surface area contributed by atoms with Gasteiger partial charge in [-0.05, 0) is 28.7 Å². The summed E-state index contributed by atoms with van der Waals surface area (Å²) in [4.78, 5) is 11.8. The standard InChI is InChI=1S/C20H21N5/c1-20(2,3)12-6-4-11(5-7-12)14-10-15-16(13-8-9-23-17(13)14)18(21)25-19(22)24-15/h4-10,23H,1-3H3,(H4,21,22,24,25). The molecule has 4 rings (SSSR count). The molecule has 5 heteroatoms. The Kier molecular flexibility index (Phi) is 3.22. The number of nitrogens with one attached hydrogen (secondary N) is 1. The average Bonchev–Trinajstić information content (AvgIpc) is 3.02. The van der Waals surface area contributed by atoms with Gasteiger partial charge in [0.15, 0.2) is 0 Å². The molecule has 0 aliphatic carbocycles. The van der Waals surface area contributed by atoms with Crippen molar-refractivity contribution in [3.8, 4) is 11.1 Å². The predicted octanol–water partition coefficient (Wildman–Crippen LogP) is 4.24. The zero-order valence-corrected chi connectivity index (χ0v) is 14.6. The molecule has 5 N–H and O–H groups in total. The molecule has 0 spiro atoms. The van der Waals surface area contributed by atoms with Crippen LogP contribution in [0, 0.1) is 0 Å². The Morgan fingerprint density at radius 3 is 2.36 bits per heavy atom. The molecule has 2 aromatic carbocycles. The van der Waals surface area contributed by atoms with Crippen LogP contribution in [0.25, 0.3) is 32.9 Å². The highest BCUT2D eigenvalue weighted by atomic mass is 15.0. The van der Waals surface area contributed by atoms with E-state index in [-0.39, 0.29) is 11.4 Å². The Labute approximate surface area is 146 Å². The first-order valence-electron chi connectivity index (χ1n) is 8.28. The number of nitrogens with zero attached hydrogens (tertiary/aromatic N) is 2. The number of aromatic amines is 1. The highest BCUT2D eigenvalue weighted by molar-refractivity contribution is 6.15. The lowest BCUT2D eigenvalue weighted by atomic mass is 9.86. The Morgan fingerprint density at radius 1 is 0.960 bits per heavy atom. The van der Waals surface area contributed by atoms with E-state index in [2.05, 4.69) is 60.0 Å². The number of fused-ring (bicyclic) bond motifs is 3. The molecule has 25 heavy (non-hydrogen) atoms. The van der Waals surface area contributed by atoms with E-state index >= 15 is 0 Å². The van der Waals surface area contributed by atoms with Gasteiger partial charge in [-0.2, -0.15) is 4.98 Å². The van der Waals surface area contributed by atoms with Crippen molar-refractivity contribution in [3.63, 3.8) is 0 Å². The maximum Gasteiger partial charge on any atom is 0.222 e. The smallest absolute Gasteiger partial charge is 0.222 e.